The molecule has 2 N–H and O–H groups in total. The fourth-order valence-electron chi connectivity index (χ4n) is 7.24. The molecule has 9 nitrogen and oxygen atoms in total. The summed E-state index contributed by atoms with van der Waals surface area (Å²) in [6.45, 7) is 14.2. The maximum atomic E-state index is 14.5. The van der Waals surface area contributed by atoms with Crippen LogP contribution in [0.2, 0.25) is 0 Å². The molecule has 0 spiro atoms. The van der Waals surface area contributed by atoms with Gasteiger partial charge >= 0.3 is 12.2 Å². The molecule has 5 rings (SSSR count). The highest BCUT2D eigenvalue weighted by Crippen LogP contribution is 2.47. The first-order valence-electron chi connectivity index (χ1n) is 15.5. The van der Waals surface area contributed by atoms with Crippen molar-refractivity contribution in [3.05, 3.63) is 46.8 Å². The van der Waals surface area contributed by atoms with Crippen LogP contribution in [-0.2, 0) is 23.8 Å². The summed E-state index contributed by atoms with van der Waals surface area (Å²) in [6.07, 6.45) is -0.380. The lowest BCUT2D eigenvalue weighted by Gasteiger charge is -2.43. The number of alkyl halides is 3. The third-order valence-corrected chi connectivity index (χ3v) is 9.64. The summed E-state index contributed by atoms with van der Waals surface area (Å²) in [4.78, 5) is 32.7. The molecular formula is C32H44F3N7O2. The van der Waals surface area contributed by atoms with Crippen molar-refractivity contribution in [1.29, 1.82) is 0 Å². The minimum Gasteiger partial charge on any atom is -0.462 e. The van der Waals surface area contributed by atoms with E-state index in [1.807, 2.05) is 20.8 Å². The van der Waals surface area contributed by atoms with E-state index in [9.17, 15) is 18.0 Å². The number of nitrogens with zero attached hydrogens (tertiary/aromatic N) is 6. The first-order valence-corrected chi connectivity index (χ1v) is 15.5. The van der Waals surface area contributed by atoms with Gasteiger partial charge in [-0.3, -0.25) is 4.79 Å². The van der Waals surface area contributed by atoms with Crippen LogP contribution in [0.1, 0.15) is 67.6 Å². The quantitative estimate of drug-likeness (QED) is 0.450. The van der Waals surface area contributed by atoms with E-state index in [0.717, 1.165) is 30.8 Å². The lowest BCUT2D eigenvalue weighted by atomic mass is 9.70. The van der Waals surface area contributed by atoms with Gasteiger partial charge in [-0.05, 0) is 82.7 Å². The second kappa shape index (κ2) is 12.5. The summed E-state index contributed by atoms with van der Waals surface area (Å²) in [5.41, 5.74) is 6.99. The fraction of sp³-hybridized carbons (Fsp3) is 0.625. The molecule has 4 heterocycles. The summed E-state index contributed by atoms with van der Waals surface area (Å²) in [5.74, 6) is 0.0559. The number of rotatable bonds is 7. The average Bonchev–Trinajstić information content (AvgIpc) is 3.37. The maximum Gasteiger partial charge on any atom is 0.418 e. The van der Waals surface area contributed by atoms with Crippen LogP contribution in [0.4, 0.5) is 24.8 Å². The number of likely N-dealkylation sites (N-methyl/N-ethyl adjacent to an activating group) is 1. The molecule has 0 aromatic carbocycles. The Balaban J connectivity index is 1.58. The Bertz CT molecular complexity index is 1400. The Labute approximate surface area is 257 Å². The van der Waals surface area contributed by atoms with E-state index in [4.69, 9.17) is 20.4 Å². The first kappa shape index (κ1) is 32.0. The number of ether oxygens (including phenoxy) is 1. The van der Waals surface area contributed by atoms with Crippen molar-refractivity contribution < 1.29 is 22.7 Å². The van der Waals surface area contributed by atoms with Crippen molar-refractivity contribution in [3.8, 4) is 6.01 Å². The van der Waals surface area contributed by atoms with Gasteiger partial charge in [-0.2, -0.15) is 23.1 Å². The second-order valence-electron chi connectivity index (χ2n) is 12.9. The molecule has 240 valence electrons. The molecule has 0 bridgehead atoms. The van der Waals surface area contributed by atoms with E-state index in [0.29, 0.717) is 38.4 Å². The molecule has 4 atom stereocenters. The molecule has 1 amide bonds. The summed E-state index contributed by atoms with van der Waals surface area (Å²) < 4.78 is 49.6. The number of amides is 1. The Morgan fingerprint density at radius 3 is 2.57 bits per heavy atom. The normalized spacial score (nSPS) is 24.5. The Kier molecular flexibility index (Phi) is 9.11. The lowest BCUT2D eigenvalue weighted by molar-refractivity contribution is -0.139. The molecule has 2 unspecified atom stereocenters. The van der Waals surface area contributed by atoms with Crippen LogP contribution in [0.5, 0.6) is 6.01 Å². The largest absolute Gasteiger partial charge is 0.462 e. The number of aryl methyl sites for hydroxylation is 1. The van der Waals surface area contributed by atoms with E-state index in [-0.39, 0.29) is 59.3 Å². The van der Waals surface area contributed by atoms with E-state index in [2.05, 4.69) is 28.4 Å². The van der Waals surface area contributed by atoms with Gasteiger partial charge in [-0.1, -0.05) is 20.4 Å². The highest BCUT2D eigenvalue weighted by Gasteiger charge is 2.44. The zero-order valence-electron chi connectivity index (χ0n) is 26.3. The molecule has 0 saturated carbocycles. The minimum atomic E-state index is -4.57. The van der Waals surface area contributed by atoms with E-state index >= 15 is 0 Å². The average molecular weight is 616 g/mol. The zero-order chi connectivity index (χ0) is 31.9. The number of nitrogens with two attached hydrogens (primary N) is 1. The van der Waals surface area contributed by atoms with Gasteiger partial charge in [0.25, 0.3) is 0 Å². The molecule has 2 aromatic rings. The number of fused-ring (bicyclic) bond motifs is 1. The zero-order valence-corrected chi connectivity index (χ0v) is 26.3. The molecule has 3 aliphatic rings. The molecule has 12 heteroatoms. The summed E-state index contributed by atoms with van der Waals surface area (Å²) >= 11 is 0. The minimum absolute atomic E-state index is 0.0144. The van der Waals surface area contributed by atoms with E-state index in [1.54, 1.807) is 4.90 Å². The second-order valence-corrected chi connectivity index (χ2v) is 12.9. The van der Waals surface area contributed by atoms with Crippen LogP contribution in [0.15, 0.2) is 18.7 Å². The monoisotopic (exact) mass is 615 g/mol. The topological polar surface area (TPSA) is 101 Å². The van der Waals surface area contributed by atoms with Gasteiger partial charge in [0.05, 0.1) is 17.0 Å². The molecule has 44 heavy (non-hydrogen) atoms. The smallest absolute Gasteiger partial charge is 0.418 e. The highest BCUT2D eigenvalue weighted by molar-refractivity contribution is 5.87. The number of carbonyl (C=O) groups excluding carboxylic acids is 1. The van der Waals surface area contributed by atoms with Gasteiger partial charge in [0, 0.05) is 43.2 Å². The third-order valence-electron chi connectivity index (χ3n) is 9.64. The molecule has 1 aliphatic carbocycles. The fourth-order valence-corrected chi connectivity index (χ4v) is 7.24. The lowest BCUT2D eigenvalue weighted by Crippen LogP contribution is -2.54. The van der Waals surface area contributed by atoms with Gasteiger partial charge in [0.2, 0.25) is 5.91 Å². The van der Waals surface area contributed by atoms with Crippen LogP contribution in [0, 0.1) is 18.8 Å². The molecule has 2 aromatic heterocycles. The highest BCUT2D eigenvalue weighted by atomic mass is 19.4. The van der Waals surface area contributed by atoms with Crippen molar-refractivity contribution in [1.82, 2.24) is 24.8 Å². The van der Waals surface area contributed by atoms with Crippen molar-refractivity contribution in [2.45, 2.75) is 77.6 Å². The Morgan fingerprint density at radius 1 is 1.20 bits per heavy atom. The van der Waals surface area contributed by atoms with Crippen molar-refractivity contribution in [2.75, 3.05) is 50.5 Å². The van der Waals surface area contributed by atoms with Gasteiger partial charge in [0.15, 0.2) is 0 Å². The van der Waals surface area contributed by atoms with Gasteiger partial charge in [-0.25, -0.2) is 4.98 Å². The van der Waals surface area contributed by atoms with Gasteiger partial charge in [0.1, 0.15) is 18.2 Å². The van der Waals surface area contributed by atoms with Crippen LogP contribution >= 0.6 is 0 Å². The third kappa shape index (κ3) is 6.36. The number of pyridine rings is 1. The molecule has 0 radical (unpaired) electrons. The summed E-state index contributed by atoms with van der Waals surface area (Å²) in [7, 11) is 2.07. The van der Waals surface area contributed by atoms with Crippen molar-refractivity contribution in [3.63, 3.8) is 0 Å². The van der Waals surface area contributed by atoms with Crippen LogP contribution < -0.4 is 15.4 Å². The number of aromatic nitrogens is 3. The number of carbonyl (C=O) groups is 1. The SMILES string of the molecule is C=CC(=O)N1CCN(c2nc(OCC3CCCN3C)nc3c2C[C@@H](C(C)C)[C@H](c2nc(N)cc(C)c2C(F)(F)F)C3)C(C)C1. The van der Waals surface area contributed by atoms with Crippen LogP contribution in [0.25, 0.3) is 0 Å². The van der Waals surface area contributed by atoms with Crippen LogP contribution in [0.3, 0.4) is 0 Å². The van der Waals surface area contributed by atoms with Gasteiger partial charge in [-0.15, -0.1) is 0 Å². The first-order chi connectivity index (χ1) is 20.8. The number of hydrogen-bond donors (Lipinski definition) is 1. The predicted molar refractivity (Wildman–Crippen MR) is 164 cm³/mol. The van der Waals surface area contributed by atoms with Crippen molar-refractivity contribution in [2.24, 2.45) is 11.8 Å². The van der Waals surface area contributed by atoms with Crippen molar-refractivity contribution >= 4 is 17.5 Å². The number of piperazine rings is 1. The van der Waals surface area contributed by atoms with Crippen LogP contribution in [-0.4, -0.2) is 82.6 Å². The molecule has 2 fully saturated rings. The van der Waals surface area contributed by atoms with E-state index < -0.39 is 17.7 Å². The number of anilines is 2. The molecule has 2 saturated heterocycles. The Hall–Kier alpha value is -3.41. The standard InChI is InChI=1S/C32H44F3N7O2/c1-7-27(43)41-11-12-42(20(5)16-41)30-24-14-22(18(2)3)23(29-28(32(33,34)35)19(4)13-26(36)38-29)15-25(24)37-31(39-30)44-17-21-9-8-10-40(21)6/h7,13,18,20-23H,1,8-12,14-17H2,2-6H3,(H2,36,38)/t20?,21?,22-,23+/m0/s1. The number of hydrogen-bond acceptors (Lipinski definition) is 8. The number of halogens is 3. The summed E-state index contributed by atoms with van der Waals surface area (Å²) in [6, 6.07) is 1.71. The van der Waals surface area contributed by atoms with Gasteiger partial charge < -0.3 is 25.2 Å². The number of nitrogen functional groups attached to an aromatic ring is 1. The predicted octanol–water partition coefficient (Wildman–Crippen LogP) is 4.63. The molecule has 2 aliphatic heterocycles. The maximum absolute atomic E-state index is 14.5. The Morgan fingerprint density at radius 2 is 1.95 bits per heavy atom. The number of likely N-dealkylation sites (tertiary alicyclic amines) is 1. The molecular weight excluding hydrogens is 571 g/mol. The van der Waals surface area contributed by atoms with E-state index in [1.165, 1.54) is 19.1 Å². The summed E-state index contributed by atoms with van der Waals surface area (Å²) in [5, 5.41) is 0.